The molecule has 1 saturated heterocycles. The number of hydrogen-bond acceptors (Lipinski definition) is 3. The highest BCUT2D eigenvalue weighted by Gasteiger charge is 2.32. The lowest BCUT2D eigenvalue weighted by Crippen LogP contribution is -2.46. The van der Waals surface area contributed by atoms with Crippen molar-refractivity contribution >= 4 is 11.7 Å². The van der Waals surface area contributed by atoms with Crippen LogP contribution in [0.3, 0.4) is 0 Å². The first-order valence-corrected chi connectivity index (χ1v) is 9.89. The summed E-state index contributed by atoms with van der Waals surface area (Å²) in [5, 5.41) is 0. The van der Waals surface area contributed by atoms with E-state index in [1.807, 2.05) is 78.6 Å². The minimum absolute atomic E-state index is 0.0113. The van der Waals surface area contributed by atoms with E-state index in [9.17, 15) is 9.59 Å². The summed E-state index contributed by atoms with van der Waals surface area (Å²) in [5.41, 5.74) is 4.77. The number of amides is 1. The third kappa shape index (κ3) is 3.06. The minimum Gasteiger partial charge on any atom is -0.367 e. The van der Waals surface area contributed by atoms with Crippen molar-refractivity contribution in [2.45, 2.75) is 19.1 Å². The van der Waals surface area contributed by atoms with Gasteiger partial charge in [-0.2, -0.15) is 0 Å². The number of hydrogen-bond donors (Lipinski definition) is 0. The number of benzene rings is 3. The number of carbonyl (C=O) groups is 2. The smallest absolute Gasteiger partial charge is 0.254 e. The SMILES string of the molecule is CC1CN(C(=O)c2ccc3c(c2)C(=O)c2ccccc2-3)CC(c2ccccc2)O1. The van der Waals surface area contributed by atoms with E-state index in [1.165, 1.54) is 0 Å². The maximum absolute atomic E-state index is 13.3. The summed E-state index contributed by atoms with van der Waals surface area (Å²) in [7, 11) is 0. The van der Waals surface area contributed by atoms with E-state index < -0.39 is 0 Å². The van der Waals surface area contributed by atoms with Crippen LogP contribution >= 0.6 is 0 Å². The van der Waals surface area contributed by atoms with Crippen LogP contribution in [-0.4, -0.2) is 35.8 Å². The fourth-order valence-electron chi connectivity index (χ4n) is 4.31. The van der Waals surface area contributed by atoms with Gasteiger partial charge in [-0.3, -0.25) is 9.59 Å². The van der Waals surface area contributed by atoms with Gasteiger partial charge in [0, 0.05) is 23.2 Å². The average Bonchev–Trinajstić information content (AvgIpc) is 3.05. The summed E-state index contributed by atoms with van der Waals surface area (Å²) in [4.78, 5) is 27.9. The van der Waals surface area contributed by atoms with Gasteiger partial charge in [0.1, 0.15) is 6.10 Å². The molecule has 2 aliphatic rings. The number of ketones is 1. The maximum atomic E-state index is 13.3. The molecule has 0 radical (unpaired) electrons. The van der Waals surface area contributed by atoms with Crippen molar-refractivity contribution in [2.24, 2.45) is 0 Å². The fourth-order valence-corrected chi connectivity index (χ4v) is 4.31. The van der Waals surface area contributed by atoms with E-state index in [2.05, 4.69) is 0 Å². The summed E-state index contributed by atoms with van der Waals surface area (Å²) in [5.74, 6) is -0.0737. The summed E-state index contributed by atoms with van der Waals surface area (Å²) in [6, 6.07) is 23.0. The Morgan fingerprint density at radius 1 is 0.862 bits per heavy atom. The van der Waals surface area contributed by atoms with Gasteiger partial charge in [0.25, 0.3) is 5.91 Å². The normalized spacial score (nSPS) is 20.3. The molecule has 3 aromatic carbocycles. The van der Waals surface area contributed by atoms with Gasteiger partial charge in [0.05, 0.1) is 12.6 Å². The van der Waals surface area contributed by atoms with E-state index >= 15 is 0 Å². The molecule has 0 saturated carbocycles. The number of morpholine rings is 1. The topological polar surface area (TPSA) is 46.6 Å². The van der Waals surface area contributed by atoms with E-state index in [4.69, 9.17) is 4.74 Å². The van der Waals surface area contributed by atoms with Gasteiger partial charge in [-0.05, 0) is 35.7 Å². The largest absolute Gasteiger partial charge is 0.367 e. The molecular formula is C25H21NO3. The highest BCUT2D eigenvalue weighted by atomic mass is 16.5. The molecule has 1 fully saturated rings. The molecule has 4 heteroatoms. The summed E-state index contributed by atoms with van der Waals surface area (Å²) < 4.78 is 6.07. The van der Waals surface area contributed by atoms with E-state index in [-0.39, 0.29) is 23.9 Å². The van der Waals surface area contributed by atoms with Gasteiger partial charge in [0.15, 0.2) is 5.78 Å². The Morgan fingerprint density at radius 3 is 2.34 bits per heavy atom. The first-order chi connectivity index (χ1) is 14.1. The fraction of sp³-hybridized carbons (Fsp3) is 0.200. The van der Waals surface area contributed by atoms with Crippen LogP contribution < -0.4 is 0 Å². The quantitative estimate of drug-likeness (QED) is 0.512. The third-order valence-corrected chi connectivity index (χ3v) is 5.69. The van der Waals surface area contributed by atoms with E-state index in [0.29, 0.717) is 29.8 Å². The lowest BCUT2D eigenvalue weighted by Gasteiger charge is -2.37. The van der Waals surface area contributed by atoms with Crippen molar-refractivity contribution in [1.29, 1.82) is 0 Å². The molecule has 0 spiro atoms. The summed E-state index contributed by atoms with van der Waals surface area (Å²) in [6.07, 6.45) is -0.206. The zero-order valence-electron chi connectivity index (χ0n) is 16.2. The molecule has 3 aromatic rings. The third-order valence-electron chi connectivity index (χ3n) is 5.69. The Labute approximate surface area is 169 Å². The van der Waals surface area contributed by atoms with Crippen molar-refractivity contribution < 1.29 is 14.3 Å². The van der Waals surface area contributed by atoms with Crippen LogP contribution in [0.1, 0.15) is 44.9 Å². The second kappa shape index (κ2) is 6.98. The molecule has 4 nitrogen and oxygen atoms in total. The second-order valence-electron chi connectivity index (χ2n) is 7.69. The molecule has 2 unspecified atom stereocenters. The molecule has 5 rings (SSSR count). The predicted molar refractivity (Wildman–Crippen MR) is 111 cm³/mol. The molecule has 0 aromatic heterocycles. The van der Waals surface area contributed by atoms with Crippen molar-refractivity contribution in [3.05, 3.63) is 95.1 Å². The average molecular weight is 383 g/mol. The van der Waals surface area contributed by atoms with E-state index in [1.54, 1.807) is 6.07 Å². The second-order valence-corrected chi connectivity index (χ2v) is 7.69. The van der Waals surface area contributed by atoms with Crippen LogP contribution in [0.5, 0.6) is 0 Å². The Kier molecular flexibility index (Phi) is 4.29. The van der Waals surface area contributed by atoms with Crippen molar-refractivity contribution in [2.75, 3.05) is 13.1 Å². The zero-order valence-corrected chi connectivity index (χ0v) is 16.2. The van der Waals surface area contributed by atoms with Crippen molar-refractivity contribution in [1.82, 2.24) is 4.90 Å². The Balaban J connectivity index is 1.43. The number of nitrogens with zero attached hydrogens (tertiary/aromatic N) is 1. The zero-order chi connectivity index (χ0) is 20.0. The van der Waals surface area contributed by atoms with Crippen LogP contribution in [0.4, 0.5) is 0 Å². The number of rotatable bonds is 2. The van der Waals surface area contributed by atoms with E-state index in [0.717, 1.165) is 16.7 Å². The van der Waals surface area contributed by atoms with Gasteiger partial charge in [0.2, 0.25) is 0 Å². The summed E-state index contributed by atoms with van der Waals surface area (Å²) >= 11 is 0. The Bertz CT molecular complexity index is 1110. The first kappa shape index (κ1) is 17.8. The molecular weight excluding hydrogens is 362 g/mol. The predicted octanol–water partition coefficient (Wildman–Crippen LogP) is 4.50. The lowest BCUT2D eigenvalue weighted by atomic mass is 10.0. The highest BCUT2D eigenvalue weighted by molar-refractivity contribution is 6.22. The molecule has 0 bridgehead atoms. The van der Waals surface area contributed by atoms with Crippen molar-refractivity contribution in [3.63, 3.8) is 0 Å². The molecule has 2 atom stereocenters. The van der Waals surface area contributed by atoms with Crippen LogP contribution in [0.15, 0.2) is 72.8 Å². The van der Waals surface area contributed by atoms with Crippen LogP contribution in [-0.2, 0) is 4.74 Å². The van der Waals surface area contributed by atoms with Gasteiger partial charge in [-0.1, -0.05) is 60.7 Å². The molecule has 1 amide bonds. The Hall–Kier alpha value is -3.24. The minimum atomic E-state index is -0.149. The van der Waals surface area contributed by atoms with Crippen LogP contribution in [0, 0.1) is 0 Å². The molecule has 29 heavy (non-hydrogen) atoms. The first-order valence-electron chi connectivity index (χ1n) is 9.89. The molecule has 1 aliphatic heterocycles. The van der Waals surface area contributed by atoms with Crippen LogP contribution in [0.2, 0.25) is 0 Å². The number of carbonyl (C=O) groups excluding carboxylic acids is 2. The maximum Gasteiger partial charge on any atom is 0.254 e. The molecule has 1 aliphatic carbocycles. The highest BCUT2D eigenvalue weighted by Crippen LogP contribution is 2.37. The van der Waals surface area contributed by atoms with Gasteiger partial charge in [-0.15, -0.1) is 0 Å². The van der Waals surface area contributed by atoms with Gasteiger partial charge < -0.3 is 9.64 Å². The molecule has 0 N–H and O–H groups in total. The Morgan fingerprint density at radius 2 is 1.55 bits per heavy atom. The van der Waals surface area contributed by atoms with Crippen molar-refractivity contribution in [3.8, 4) is 11.1 Å². The monoisotopic (exact) mass is 383 g/mol. The molecule has 1 heterocycles. The molecule has 144 valence electrons. The summed E-state index contributed by atoms with van der Waals surface area (Å²) in [6.45, 7) is 3.02. The standard InChI is InChI=1S/C25H21NO3/c1-16-14-26(15-23(29-16)17-7-3-2-4-8-17)25(28)18-11-12-20-19-9-5-6-10-21(19)24(27)22(20)13-18/h2-13,16,23H,14-15H2,1H3. The van der Waals surface area contributed by atoms with Gasteiger partial charge in [-0.25, -0.2) is 0 Å². The number of fused-ring (bicyclic) bond motifs is 3. The van der Waals surface area contributed by atoms with Crippen LogP contribution in [0.25, 0.3) is 11.1 Å². The van der Waals surface area contributed by atoms with Gasteiger partial charge >= 0.3 is 0 Å². The number of ether oxygens (including phenoxy) is 1. The lowest BCUT2D eigenvalue weighted by molar-refractivity contribution is -0.0691.